The molecule has 1 saturated heterocycles. The summed E-state index contributed by atoms with van der Waals surface area (Å²) in [6.07, 6.45) is 0.442. The van der Waals surface area contributed by atoms with Gasteiger partial charge in [-0.05, 0) is 13.3 Å². The molecule has 0 bridgehead atoms. The topological polar surface area (TPSA) is 83.9 Å². The maximum atomic E-state index is 12.1. The Labute approximate surface area is 106 Å². The molecule has 1 fully saturated rings. The minimum Gasteiger partial charge on any atom is -0.479 e. The van der Waals surface area contributed by atoms with Crippen molar-refractivity contribution in [3.05, 3.63) is 0 Å². The Morgan fingerprint density at radius 3 is 2.28 bits per heavy atom. The van der Waals surface area contributed by atoms with E-state index in [0.29, 0.717) is 6.42 Å². The molecule has 0 radical (unpaired) electrons. The average molecular weight is 257 g/mol. The van der Waals surface area contributed by atoms with Crippen molar-refractivity contribution in [2.45, 2.75) is 39.7 Å². The Kier molecular flexibility index (Phi) is 3.69. The van der Waals surface area contributed by atoms with Crippen molar-refractivity contribution in [3.8, 4) is 0 Å². The highest BCUT2D eigenvalue weighted by atomic mass is 16.5. The zero-order valence-corrected chi connectivity index (χ0v) is 11.1. The fraction of sp³-hybridized carbons (Fsp3) is 0.750. The molecule has 1 atom stereocenters. The van der Waals surface area contributed by atoms with Crippen molar-refractivity contribution in [1.82, 2.24) is 4.90 Å². The monoisotopic (exact) mass is 257 g/mol. The molecule has 6 nitrogen and oxygen atoms in total. The van der Waals surface area contributed by atoms with Crippen LogP contribution in [0.4, 0.5) is 0 Å². The number of ether oxygens (including phenoxy) is 1. The van der Waals surface area contributed by atoms with Gasteiger partial charge in [-0.1, -0.05) is 13.8 Å². The Hall–Kier alpha value is -1.59. The van der Waals surface area contributed by atoms with Crippen molar-refractivity contribution < 1.29 is 24.2 Å². The van der Waals surface area contributed by atoms with E-state index in [1.165, 1.54) is 6.92 Å². The summed E-state index contributed by atoms with van der Waals surface area (Å²) in [4.78, 5) is 36.5. The molecule has 18 heavy (non-hydrogen) atoms. The van der Waals surface area contributed by atoms with Crippen molar-refractivity contribution in [1.29, 1.82) is 0 Å². The number of hydrogen-bond donors (Lipinski definition) is 1. The number of carbonyl (C=O) groups excluding carboxylic acids is 2. The fourth-order valence-corrected chi connectivity index (χ4v) is 2.61. The van der Waals surface area contributed by atoms with Gasteiger partial charge in [0.15, 0.2) is 0 Å². The second-order valence-corrected chi connectivity index (χ2v) is 5.04. The van der Waals surface area contributed by atoms with Crippen LogP contribution in [0.15, 0.2) is 0 Å². The number of nitrogens with zero attached hydrogens (tertiary/aromatic N) is 1. The number of carboxylic acids is 1. The highest BCUT2D eigenvalue weighted by molar-refractivity contribution is 6.08. The Morgan fingerprint density at radius 1 is 1.33 bits per heavy atom. The van der Waals surface area contributed by atoms with Crippen molar-refractivity contribution in [3.63, 3.8) is 0 Å². The standard InChI is InChI=1S/C12H19NO5/c1-5-18-10(17)12(9(15)16)11(3,4)6-7-13(12)8(2)14/h5-7H2,1-4H3,(H,15,16)/t12-/m0/s1. The lowest BCUT2D eigenvalue weighted by molar-refractivity contribution is -0.179. The summed E-state index contributed by atoms with van der Waals surface area (Å²) in [5, 5.41) is 9.52. The van der Waals surface area contributed by atoms with Crippen LogP contribution in [-0.4, -0.2) is 46.5 Å². The van der Waals surface area contributed by atoms with E-state index < -0.39 is 28.8 Å². The third-order valence-corrected chi connectivity index (χ3v) is 3.61. The van der Waals surface area contributed by atoms with Crippen LogP contribution in [0.2, 0.25) is 0 Å². The predicted octanol–water partition coefficient (Wildman–Crippen LogP) is 0.651. The van der Waals surface area contributed by atoms with Gasteiger partial charge in [-0.3, -0.25) is 4.79 Å². The number of hydrogen-bond acceptors (Lipinski definition) is 4. The summed E-state index contributed by atoms with van der Waals surface area (Å²) in [6, 6.07) is 0. The average Bonchev–Trinajstić information content (AvgIpc) is 2.50. The second-order valence-electron chi connectivity index (χ2n) is 5.04. The minimum absolute atomic E-state index is 0.0791. The molecule has 1 amide bonds. The van der Waals surface area contributed by atoms with Crippen LogP contribution in [0, 0.1) is 5.41 Å². The van der Waals surface area contributed by atoms with E-state index in [0.717, 1.165) is 4.90 Å². The van der Waals surface area contributed by atoms with E-state index >= 15 is 0 Å². The summed E-state index contributed by atoms with van der Waals surface area (Å²) in [6.45, 7) is 6.52. The summed E-state index contributed by atoms with van der Waals surface area (Å²) in [7, 11) is 0. The normalized spacial score (nSPS) is 25.9. The van der Waals surface area contributed by atoms with Crippen LogP contribution in [0.3, 0.4) is 0 Å². The lowest BCUT2D eigenvalue weighted by Gasteiger charge is -2.39. The lowest BCUT2D eigenvalue weighted by Crippen LogP contribution is -2.65. The maximum absolute atomic E-state index is 12.1. The molecule has 0 spiro atoms. The first-order valence-corrected chi connectivity index (χ1v) is 5.90. The summed E-state index contributed by atoms with van der Waals surface area (Å²) in [5.74, 6) is -2.63. The second kappa shape index (κ2) is 4.59. The van der Waals surface area contributed by atoms with Gasteiger partial charge in [0.25, 0.3) is 0 Å². The lowest BCUT2D eigenvalue weighted by atomic mass is 9.72. The predicted molar refractivity (Wildman–Crippen MR) is 62.8 cm³/mol. The molecular weight excluding hydrogens is 238 g/mol. The quantitative estimate of drug-likeness (QED) is 0.593. The Balaban J connectivity index is 3.39. The first-order chi connectivity index (χ1) is 8.21. The number of rotatable bonds is 3. The van der Waals surface area contributed by atoms with Gasteiger partial charge < -0.3 is 14.7 Å². The minimum atomic E-state index is -1.92. The van der Waals surface area contributed by atoms with E-state index in [-0.39, 0.29) is 13.2 Å². The smallest absolute Gasteiger partial charge is 0.344 e. The summed E-state index contributed by atoms with van der Waals surface area (Å²) >= 11 is 0. The Bertz CT molecular complexity index is 390. The van der Waals surface area contributed by atoms with Gasteiger partial charge in [0, 0.05) is 18.9 Å². The summed E-state index contributed by atoms with van der Waals surface area (Å²) < 4.78 is 4.89. The van der Waals surface area contributed by atoms with Crippen molar-refractivity contribution in [2.75, 3.05) is 13.2 Å². The third-order valence-electron chi connectivity index (χ3n) is 3.61. The van der Waals surface area contributed by atoms with Gasteiger partial charge in [0.2, 0.25) is 11.4 Å². The van der Waals surface area contributed by atoms with Crippen LogP contribution in [0.5, 0.6) is 0 Å². The zero-order chi connectivity index (χ0) is 14.1. The first kappa shape index (κ1) is 14.5. The molecule has 1 aliphatic heterocycles. The number of carboxylic acid groups (broad SMARTS) is 1. The highest BCUT2D eigenvalue weighted by Crippen LogP contribution is 2.46. The molecule has 0 aliphatic carbocycles. The van der Waals surface area contributed by atoms with Crippen LogP contribution in [-0.2, 0) is 19.1 Å². The summed E-state index contributed by atoms with van der Waals surface area (Å²) in [5.41, 5.74) is -2.79. The molecule has 6 heteroatoms. The largest absolute Gasteiger partial charge is 0.479 e. The molecule has 1 rings (SSSR count). The van der Waals surface area contributed by atoms with Crippen molar-refractivity contribution in [2.24, 2.45) is 5.41 Å². The van der Waals surface area contributed by atoms with Crippen molar-refractivity contribution >= 4 is 17.8 Å². The molecule has 1 aliphatic rings. The van der Waals surface area contributed by atoms with Gasteiger partial charge in [-0.15, -0.1) is 0 Å². The number of esters is 1. The molecule has 1 N–H and O–H groups in total. The molecule has 102 valence electrons. The van der Waals surface area contributed by atoms with E-state index in [1.54, 1.807) is 20.8 Å². The fourth-order valence-electron chi connectivity index (χ4n) is 2.61. The van der Waals surface area contributed by atoms with E-state index in [1.807, 2.05) is 0 Å². The molecule has 0 aromatic carbocycles. The third kappa shape index (κ3) is 1.76. The number of amides is 1. The SMILES string of the molecule is CCOC(=O)[C@]1(C(=O)O)N(C(C)=O)CCC1(C)C. The van der Waals surface area contributed by atoms with Crippen LogP contribution in [0.25, 0.3) is 0 Å². The number of aliphatic carboxylic acids is 1. The molecule has 0 saturated carbocycles. The van der Waals surface area contributed by atoms with Crippen LogP contribution >= 0.6 is 0 Å². The zero-order valence-electron chi connectivity index (χ0n) is 11.1. The van der Waals surface area contributed by atoms with Gasteiger partial charge in [-0.2, -0.15) is 0 Å². The highest BCUT2D eigenvalue weighted by Gasteiger charge is 2.67. The number of likely N-dealkylation sites (tertiary alicyclic amines) is 1. The molecular formula is C12H19NO5. The first-order valence-electron chi connectivity index (χ1n) is 5.90. The van der Waals surface area contributed by atoms with Gasteiger partial charge in [0.05, 0.1) is 6.61 Å². The molecule has 0 aromatic heterocycles. The maximum Gasteiger partial charge on any atom is 0.344 e. The van der Waals surface area contributed by atoms with Crippen LogP contribution < -0.4 is 0 Å². The Morgan fingerprint density at radius 2 is 1.89 bits per heavy atom. The molecule has 0 aromatic rings. The molecule has 0 unspecified atom stereocenters. The van der Waals surface area contributed by atoms with E-state index in [2.05, 4.69) is 0 Å². The van der Waals surface area contributed by atoms with Gasteiger partial charge in [-0.25, -0.2) is 9.59 Å². The van der Waals surface area contributed by atoms with Gasteiger partial charge in [0.1, 0.15) is 0 Å². The van der Waals surface area contributed by atoms with Gasteiger partial charge >= 0.3 is 11.9 Å². The van der Waals surface area contributed by atoms with E-state index in [4.69, 9.17) is 4.74 Å². The number of carbonyl (C=O) groups is 3. The molecule has 1 heterocycles. The van der Waals surface area contributed by atoms with Crippen LogP contribution in [0.1, 0.15) is 34.1 Å². The van der Waals surface area contributed by atoms with E-state index in [9.17, 15) is 19.5 Å².